The minimum atomic E-state index is -1.12. The van der Waals surface area contributed by atoms with Crippen LogP contribution in [0, 0.1) is 0 Å². The van der Waals surface area contributed by atoms with Crippen molar-refractivity contribution in [3.8, 4) is 0 Å². The van der Waals surface area contributed by atoms with Gasteiger partial charge in [0.1, 0.15) is 5.54 Å². The minimum Gasteiger partial charge on any atom is -0.467 e. The summed E-state index contributed by atoms with van der Waals surface area (Å²) in [5.74, 6) is -0.796. The molecule has 1 amide bonds. The zero-order valence-corrected chi connectivity index (χ0v) is 17.6. The summed E-state index contributed by atoms with van der Waals surface area (Å²) >= 11 is 0. The number of allylic oxidation sites excluding steroid dienone is 1. The second kappa shape index (κ2) is 9.40. The van der Waals surface area contributed by atoms with Crippen molar-refractivity contribution in [2.24, 2.45) is 0 Å². The Bertz CT molecular complexity index is 1070. The van der Waals surface area contributed by atoms with E-state index in [2.05, 4.69) is 23.5 Å². The Morgan fingerprint density at radius 2 is 1.67 bits per heavy atom. The molecule has 0 atom stereocenters. The molecular formula is C26H27NO3. The lowest BCUT2D eigenvalue weighted by Gasteiger charge is -2.23. The molecule has 3 aromatic carbocycles. The third-order valence-corrected chi connectivity index (χ3v) is 5.06. The van der Waals surface area contributed by atoms with Gasteiger partial charge in [-0.2, -0.15) is 0 Å². The molecule has 0 saturated heterocycles. The van der Waals surface area contributed by atoms with E-state index in [0.717, 1.165) is 29.2 Å². The maximum Gasteiger partial charge on any atom is 0.330 e. The highest BCUT2D eigenvalue weighted by Crippen LogP contribution is 2.25. The summed E-state index contributed by atoms with van der Waals surface area (Å²) in [5, 5.41) is 4.85. The maximum absolute atomic E-state index is 13.0. The van der Waals surface area contributed by atoms with E-state index in [4.69, 9.17) is 4.74 Å². The van der Waals surface area contributed by atoms with Crippen molar-refractivity contribution >= 4 is 28.7 Å². The van der Waals surface area contributed by atoms with E-state index in [1.807, 2.05) is 60.7 Å². The highest BCUT2D eigenvalue weighted by Gasteiger charge is 2.31. The smallest absolute Gasteiger partial charge is 0.330 e. The van der Waals surface area contributed by atoms with Gasteiger partial charge in [-0.05, 0) is 54.7 Å². The van der Waals surface area contributed by atoms with Gasteiger partial charge >= 0.3 is 5.97 Å². The maximum atomic E-state index is 13.0. The van der Waals surface area contributed by atoms with Crippen LogP contribution >= 0.6 is 0 Å². The predicted molar refractivity (Wildman–Crippen MR) is 121 cm³/mol. The second-order valence-corrected chi connectivity index (χ2v) is 7.75. The normalized spacial score (nSPS) is 11.6. The standard InChI is InChI=1S/C26H27NO3/c1-26(2,25(29)30-3)27-24(28)23-18-17-20-14-8-10-15-21(20)22(23)16-9-7-13-19-11-5-4-6-12-19/h4-6,8-12,14-18H,7,13H2,1-3H3,(H,27,28)/b16-9+. The largest absolute Gasteiger partial charge is 0.467 e. The van der Waals surface area contributed by atoms with Gasteiger partial charge in [0.15, 0.2) is 0 Å². The molecule has 3 aromatic rings. The lowest BCUT2D eigenvalue weighted by molar-refractivity contribution is -0.146. The van der Waals surface area contributed by atoms with Crippen molar-refractivity contribution < 1.29 is 14.3 Å². The van der Waals surface area contributed by atoms with Crippen molar-refractivity contribution in [3.05, 3.63) is 89.5 Å². The third kappa shape index (κ3) is 4.95. The van der Waals surface area contributed by atoms with Crippen LogP contribution in [-0.4, -0.2) is 24.5 Å². The van der Waals surface area contributed by atoms with E-state index >= 15 is 0 Å². The molecule has 4 nitrogen and oxygen atoms in total. The Kier molecular flexibility index (Phi) is 6.68. The van der Waals surface area contributed by atoms with Crippen LogP contribution in [0.1, 0.15) is 41.8 Å². The number of hydrogen-bond acceptors (Lipinski definition) is 3. The topological polar surface area (TPSA) is 55.4 Å². The van der Waals surface area contributed by atoms with E-state index in [-0.39, 0.29) is 5.91 Å². The molecule has 1 N–H and O–H groups in total. The molecule has 0 unspecified atom stereocenters. The zero-order chi connectivity index (χ0) is 21.6. The molecule has 0 aromatic heterocycles. The average Bonchev–Trinajstić information content (AvgIpc) is 2.76. The van der Waals surface area contributed by atoms with Gasteiger partial charge in [0, 0.05) is 5.56 Å². The number of rotatable bonds is 7. The number of ether oxygens (including phenoxy) is 1. The van der Waals surface area contributed by atoms with Crippen LogP contribution in [0.25, 0.3) is 16.8 Å². The molecular weight excluding hydrogens is 374 g/mol. The summed E-state index contributed by atoms with van der Waals surface area (Å²) in [7, 11) is 1.31. The monoisotopic (exact) mass is 401 g/mol. The van der Waals surface area contributed by atoms with Crippen LogP contribution in [0.4, 0.5) is 0 Å². The number of hydrogen-bond donors (Lipinski definition) is 1. The molecule has 0 saturated carbocycles. The van der Waals surface area contributed by atoms with Crippen molar-refractivity contribution in [1.82, 2.24) is 5.32 Å². The van der Waals surface area contributed by atoms with Crippen molar-refractivity contribution in [1.29, 1.82) is 0 Å². The first-order chi connectivity index (χ1) is 14.4. The number of carbonyl (C=O) groups is 2. The molecule has 154 valence electrons. The van der Waals surface area contributed by atoms with Crippen LogP contribution < -0.4 is 5.32 Å². The van der Waals surface area contributed by atoms with E-state index in [1.165, 1.54) is 12.7 Å². The number of aryl methyl sites for hydroxylation is 1. The Morgan fingerprint density at radius 3 is 2.40 bits per heavy atom. The number of benzene rings is 3. The Morgan fingerprint density at radius 1 is 0.967 bits per heavy atom. The quantitative estimate of drug-likeness (QED) is 0.556. The van der Waals surface area contributed by atoms with Crippen LogP contribution in [0.3, 0.4) is 0 Å². The van der Waals surface area contributed by atoms with Gasteiger partial charge in [-0.15, -0.1) is 0 Å². The number of nitrogens with one attached hydrogen (secondary N) is 1. The first-order valence-corrected chi connectivity index (χ1v) is 10.1. The first-order valence-electron chi connectivity index (χ1n) is 10.1. The van der Waals surface area contributed by atoms with Crippen LogP contribution in [0.2, 0.25) is 0 Å². The van der Waals surface area contributed by atoms with Crippen LogP contribution in [0.5, 0.6) is 0 Å². The molecule has 0 heterocycles. The number of esters is 1. The summed E-state index contributed by atoms with van der Waals surface area (Å²) in [6.07, 6.45) is 5.89. The van der Waals surface area contributed by atoms with Crippen LogP contribution in [0.15, 0.2) is 72.8 Å². The molecule has 0 radical (unpaired) electrons. The van der Waals surface area contributed by atoms with Gasteiger partial charge in [0.25, 0.3) is 5.91 Å². The Balaban J connectivity index is 1.89. The Labute approximate surface area is 177 Å². The fraction of sp³-hybridized carbons (Fsp3) is 0.231. The predicted octanol–water partition coefficient (Wildman–Crippen LogP) is 5.17. The van der Waals surface area contributed by atoms with Gasteiger partial charge in [-0.25, -0.2) is 4.79 Å². The number of amides is 1. The molecule has 0 aliphatic heterocycles. The zero-order valence-electron chi connectivity index (χ0n) is 17.6. The highest BCUT2D eigenvalue weighted by atomic mass is 16.5. The lowest BCUT2D eigenvalue weighted by atomic mass is 9.96. The Hall–Kier alpha value is -3.40. The fourth-order valence-corrected chi connectivity index (χ4v) is 3.43. The van der Waals surface area contributed by atoms with E-state index in [9.17, 15) is 9.59 Å². The van der Waals surface area contributed by atoms with Crippen molar-refractivity contribution in [2.75, 3.05) is 7.11 Å². The van der Waals surface area contributed by atoms with Gasteiger partial charge in [0.05, 0.1) is 7.11 Å². The molecule has 0 aliphatic carbocycles. The van der Waals surface area contributed by atoms with Crippen molar-refractivity contribution in [3.63, 3.8) is 0 Å². The van der Waals surface area contributed by atoms with Crippen LogP contribution in [-0.2, 0) is 16.0 Å². The highest BCUT2D eigenvalue weighted by molar-refractivity contribution is 6.06. The molecule has 0 spiro atoms. The SMILES string of the molecule is COC(=O)C(C)(C)NC(=O)c1ccc2ccccc2c1/C=C/CCc1ccccc1. The molecule has 0 aliphatic rings. The van der Waals surface area contributed by atoms with E-state index in [1.54, 1.807) is 13.8 Å². The molecule has 4 heteroatoms. The summed E-state index contributed by atoms with van der Waals surface area (Å²) in [4.78, 5) is 25.0. The van der Waals surface area contributed by atoms with E-state index < -0.39 is 11.5 Å². The number of fused-ring (bicyclic) bond motifs is 1. The molecule has 30 heavy (non-hydrogen) atoms. The third-order valence-electron chi connectivity index (χ3n) is 5.06. The lowest BCUT2D eigenvalue weighted by Crippen LogP contribution is -2.50. The molecule has 0 bridgehead atoms. The van der Waals surface area contributed by atoms with E-state index in [0.29, 0.717) is 5.56 Å². The number of carbonyl (C=O) groups excluding carboxylic acids is 2. The average molecular weight is 402 g/mol. The molecule has 3 rings (SSSR count). The van der Waals surface area contributed by atoms with Gasteiger partial charge in [-0.1, -0.05) is 72.8 Å². The minimum absolute atomic E-state index is 0.307. The summed E-state index contributed by atoms with van der Waals surface area (Å²) in [6, 6.07) is 22.0. The second-order valence-electron chi connectivity index (χ2n) is 7.75. The summed E-state index contributed by atoms with van der Waals surface area (Å²) < 4.78 is 4.81. The molecule has 0 fully saturated rings. The summed E-state index contributed by atoms with van der Waals surface area (Å²) in [6.45, 7) is 3.26. The van der Waals surface area contributed by atoms with Gasteiger partial charge in [0.2, 0.25) is 0 Å². The van der Waals surface area contributed by atoms with Crippen molar-refractivity contribution in [2.45, 2.75) is 32.2 Å². The summed E-state index contributed by atoms with van der Waals surface area (Å²) in [5.41, 5.74) is 1.53. The van der Waals surface area contributed by atoms with Gasteiger partial charge < -0.3 is 10.1 Å². The number of methoxy groups -OCH3 is 1. The fourth-order valence-electron chi connectivity index (χ4n) is 3.43. The first kappa shape index (κ1) is 21.3. The van der Waals surface area contributed by atoms with Gasteiger partial charge in [-0.3, -0.25) is 4.79 Å².